The van der Waals surface area contributed by atoms with Crippen LogP contribution >= 0.6 is 0 Å². The van der Waals surface area contributed by atoms with E-state index >= 15 is 0 Å². The minimum Gasteiger partial charge on any atom is -0.481 e. The van der Waals surface area contributed by atoms with Gasteiger partial charge in [-0.3, -0.25) is 24.0 Å². The Hall–Kier alpha value is -5.15. The first-order chi connectivity index (χ1) is 21.6. The second kappa shape index (κ2) is 13.7. The van der Waals surface area contributed by atoms with E-state index in [2.05, 4.69) is 15.7 Å². The van der Waals surface area contributed by atoms with E-state index in [1.54, 1.807) is 30.3 Å². The van der Waals surface area contributed by atoms with Gasteiger partial charge in [0.05, 0.1) is 11.6 Å². The number of hydrogen-bond donors (Lipinski definition) is 4. The molecule has 1 aliphatic carbocycles. The summed E-state index contributed by atoms with van der Waals surface area (Å²) < 4.78 is 7.13. The van der Waals surface area contributed by atoms with Crippen LogP contribution in [-0.4, -0.2) is 128 Å². The molecular formula is C29H35N7O9. The number of rotatable bonds is 12. The zero-order valence-corrected chi connectivity index (χ0v) is 24.5. The Balaban J connectivity index is 1.25. The fourth-order valence-corrected chi connectivity index (χ4v) is 5.05. The zero-order chi connectivity index (χ0) is 32.1. The lowest BCUT2D eigenvalue weighted by Crippen LogP contribution is -2.57. The van der Waals surface area contributed by atoms with Crippen LogP contribution in [0.3, 0.4) is 0 Å². The summed E-state index contributed by atoms with van der Waals surface area (Å²) in [7, 11) is 0. The Bertz CT molecular complexity index is 1450. The first-order valence-electron chi connectivity index (χ1n) is 14.7. The van der Waals surface area contributed by atoms with Gasteiger partial charge in [0.25, 0.3) is 11.8 Å². The maximum absolute atomic E-state index is 13.3. The first-order valence-corrected chi connectivity index (χ1v) is 14.7. The minimum absolute atomic E-state index is 0.0528. The molecule has 2 saturated heterocycles. The van der Waals surface area contributed by atoms with Crippen LogP contribution in [0.4, 0.5) is 4.79 Å². The van der Waals surface area contributed by atoms with Gasteiger partial charge >= 0.3 is 12.1 Å². The molecule has 1 atom stereocenters. The molecule has 2 aliphatic heterocycles. The van der Waals surface area contributed by atoms with Crippen molar-refractivity contribution in [2.24, 2.45) is 5.92 Å². The maximum atomic E-state index is 13.3. The largest absolute Gasteiger partial charge is 0.481 e. The lowest BCUT2D eigenvalue weighted by molar-refractivity contribution is -0.145. The Kier molecular flexibility index (Phi) is 9.49. The number of carbonyl (C=O) groups is 6. The Morgan fingerprint density at radius 3 is 2.22 bits per heavy atom. The number of para-hydroxylation sites is 1. The molecule has 3 aliphatic rings. The number of carbonyl (C=O) groups excluding carboxylic acids is 4. The van der Waals surface area contributed by atoms with E-state index in [-0.39, 0.29) is 81.0 Å². The van der Waals surface area contributed by atoms with Gasteiger partial charge < -0.3 is 40.3 Å². The smallest absolute Gasteiger partial charge is 0.407 e. The van der Waals surface area contributed by atoms with E-state index in [1.165, 1.54) is 25.4 Å². The van der Waals surface area contributed by atoms with Crippen LogP contribution in [0.2, 0.25) is 0 Å². The topological polar surface area (TPSA) is 204 Å². The first kappa shape index (κ1) is 31.3. The van der Waals surface area contributed by atoms with Crippen molar-refractivity contribution in [2.45, 2.75) is 37.8 Å². The average molecular weight is 626 g/mol. The molecule has 0 radical (unpaired) electrons. The number of aromatic nitrogens is 2. The van der Waals surface area contributed by atoms with Gasteiger partial charge in [-0.15, -0.1) is 0 Å². The number of aliphatic carboxylic acids is 1. The van der Waals surface area contributed by atoms with Crippen molar-refractivity contribution in [3.8, 4) is 11.6 Å². The number of hydrogen-bond acceptors (Lipinski definition) is 8. The number of piperazine rings is 1. The number of nitrogens with one attached hydrogen (secondary N) is 2. The summed E-state index contributed by atoms with van der Waals surface area (Å²) in [4.78, 5) is 78.2. The summed E-state index contributed by atoms with van der Waals surface area (Å²) >= 11 is 0. The van der Waals surface area contributed by atoms with Gasteiger partial charge in [0.2, 0.25) is 17.7 Å². The molecular weight excluding hydrogens is 590 g/mol. The predicted molar refractivity (Wildman–Crippen MR) is 155 cm³/mol. The molecule has 45 heavy (non-hydrogen) atoms. The predicted octanol–water partition coefficient (Wildman–Crippen LogP) is -0.226. The van der Waals surface area contributed by atoms with Crippen molar-refractivity contribution in [1.82, 2.24) is 35.1 Å². The lowest BCUT2D eigenvalue weighted by Gasteiger charge is -2.38. The maximum Gasteiger partial charge on any atom is 0.407 e. The summed E-state index contributed by atoms with van der Waals surface area (Å²) in [6.07, 6.45) is 0.285. The molecule has 240 valence electrons. The number of carboxylic acids is 1. The van der Waals surface area contributed by atoms with Crippen LogP contribution in [0, 0.1) is 5.92 Å². The third-order valence-corrected chi connectivity index (χ3v) is 7.89. The molecule has 16 heteroatoms. The van der Waals surface area contributed by atoms with E-state index in [1.807, 2.05) is 0 Å². The molecule has 4 N–H and O–H groups in total. The Morgan fingerprint density at radius 2 is 1.60 bits per heavy atom. The second-order valence-electron chi connectivity index (χ2n) is 11.2. The normalized spacial score (nSPS) is 17.2. The fraction of sp³-hybridized carbons (Fsp3) is 0.483. The van der Waals surface area contributed by atoms with Gasteiger partial charge in [-0.05, 0) is 31.4 Å². The molecule has 5 amide bonds. The highest BCUT2D eigenvalue weighted by atomic mass is 16.5. The van der Waals surface area contributed by atoms with Gasteiger partial charge in [-0.2, -0.15) is 5.10 Å². The molecule has 5 rings (SSSR count). The highest BCUT2D eigenvalue weighted by molar-refractivity contribution is 5.96. The highest BCUT2D eigenvalue weighted by Gasteiger charge is 2.38. The monoisotopic (exact) mass is 625 g/mol. The van der Waals surface area contributed by atoms with Gasteiger partial charge in [-0.1, -0.05) is 18.2 Å². The van der Waals surface area contributed by atoms with Crippen molar-refractivity contribution in [2.75, 3.05) is 45.9 Å². The van der Waals surface area contributed by atoms with Gasteiger partial charge in [0.15, 0.2) is 12.3 Å². The van der Waals surface area contributed by atoms with Crippen molar-refractivity contribution >= 4 is 35.7 Å². The molecule has 0 bridgehead atoms. The van der Waals surface area contributed by atoms with Crippen molar-refractivity contribution in [1.29, 1.82) is 0 Å². The van der Waals surface area contributed by atoms with Crippen molar-refractivity contribution in [3.05, 3.63) is 42.1 Å². The van der Waals surface area contributed by atoms with Crippen LogP contribution in [0.1, 0.15) is 36.2 Å². The van der Waals surface area contributed by atoms with Gasteiger partial charge in [0, 0.05) is 57.8 Å². The average Bonchev–Trinajstić information content (AvgIpc) is 3.71. The van der Waals surface area contributed by atoms with Crippen LogP contribution in [-0.2, 0) is 19.2 Å². The standard InChI is InChI=1S/C29H35N7O9/c37-23(35-15-18(16-35)26(40)30-19-6-7-19)17-45-24-14-22(32-36(24)20-4-2-1-3-5-20)27(41)31-21(8-9-25(38)39)28(42)33-10-12-34(13-11-33)29(43)44/h1-5,14,18-19,21H,6-13,15-17H2,(H,30,40)(H,31,41)(H,38,39)(H,43,44). The summed E-state index contributed by atoms with van der Waals surface area (Å²) in [5.41, 5.74) is 0.403. The van der Waals surface area contributed by atoms with Crippen molar-refractivity contribution < 1.29 is 43.7 Å². The van der Waals surface area contributed by atoms with E-state index in [9.17, 15) is 39.0 Å². The quantitative estimate of drug-likeness (QED) is 0.244. The third-order valence-electron chi connectivity index (χ3n) is 7.89. The van der Waals surface area contributed by atoms with E-state index in [0.717, 1.165) is 12.8 Å². The molecule has 1 aromatic carbocycles. The zero-order valence-electron chi connectivity index (χ0n) is 24.5. The summed E-state index contributed by atoms with van der Waals surface area (Å²) in [5.74, 6) is -3.00. The molecule has 1 aromatic heterocycles. The highest BCUT2D eigenvalue weighted by Crippen LogP contribution is 2.23. The molecule has 2 aromatic rings. The Labute approximate surface area is 257 Å². The molecule has 3 heterocycles. The third kappa shape index (κ3) is 7.87. The van der Waals surface area contributed by atoms with Crippen LogP contribution in [0.5, 0.6) is 5.88 Å². The molecule has 16 nitrogen and oxygen atoms in total. The molecule has 1 unspecified atom stereocenters. The molecule has 1 saturated carbocycles. The Morgan fingerprint density at radius 1 is 0.933 bits per heavy atom. The molecule has 0 spiro atoms. The SMILES string of the molecule is O=C(O)CCC(NC(=O)c1cc(OCC(=O)N2CC(C(=O)NC3CC3)C2)n(-c2ccccc2)n1)C(=O)N1CCN(C(=O)O)CC1. The number of likely N-dealkylation sites (tertiary alicyclic amines) is 1. The summed E-state index contributed by atoms with van der Waals surface area (Å²) in [6, 6.07) is 9.10. The summed E-state index contributed by atoms with van der Waals surface area (Å²) in [5, 5.41) is 28.3. The van der Waals surface area contributed by atoms with E-state index in [4.69, 9.17) is 4.74 Å². The number of amides is 5. The van der Waals surface area contributed by atoms with Crippen molar-refractivity contribution in [3.63, 3.8) is 0 Å². The minimum atomic E-state index is -1.20. The van der Waals surface area contributed by atoms with Crippen LogP contribution < -0.4 is 15.4 Å². The number of nitrogens with zero attached hydrogens (tertiary/aromatic N) is 5. The van der Waals surface area contributed by atoms with E-state index in [0.29, 0.717) is 18.8 Å². The number of carboxylic acid groups (broad SMARTS) is 2. The van der Waals surface area contributed by atoms with Crippen LogP contribution in [0.25, 0.3) is 5.69 Å². The van der Waals surface area contributed by atoms with Gasteiger partial charge in [-0.25, -0.2) is 9.48 Å². The molecule has 3 fully saturated rings. The second-order valence-corrected chi connectivity index (χ2v) is 11.2. The number of ether oxygens (including phenoxy) is 1. The van der Waals surface area contributed by atoms with E-state index < -0.39 is 29.9 Å². The number of benzene rings is 1. The fourth-order valence-electron chi connectivity index (χ4n) is 5.05. The van der Waals surface area contributed by atoms with Gasteiger partial charge in [0.1, 0.15) is 6.04 Å². The van der Waals surface area contributed by atoms with Crippen LogP contribution in [0.15, 0.2) is 36.4 Å². The summed E-state index contributed by atoms with van der Waals surface area (Å²) in [6.45, 7) is 0.608. The lowest BCUT2D eigenvalue weighted by atomic mass is 9.99.